The topological polar surface area (TPSA) is 60.2 Å². The molecule has 0 spiro atoms. The van der Waals surface area contributed by atoms with Gasteiger partial charge in [-0.2, -0.15) is 4.98 Å². The van der Waals surface area contributed by atoms with Gasteiger partial charge in [-0.3, -0.25) is 0 Å². The van der Waals surface area contributed by atoms with Crippen LogP contribution in [0.15, 0.2) is 28.8 Å². The van der Waals surface area contributed by atoms with Crippen LogP contribution in [0.25, 0.3) is 0 Å². The number of ether oxygens (including phenoxy) is 1. The average Bonchev–Trinajstić information content (AvgIpc) is 3.08. The molecule has 106 valence electrons. The Kier molecular flexibility index (Phi) is 3.97. The maximum Gasteiger partial charge on any atom is 0.227 e. The van der Waals surface area contributed by atoms with Gasteiger partial charge in [-0.05, 0) is 18.1 Å². The average molecular weight is 273 g/mol. The van der Waals surface area contributed by atoms with Gasteiger partial charge in [0.25, 0.3) is 0 Å². The molecule has 5 nitrogen and oxygen atoms in total. The van der Waals surface area contributed by atoms with Crippen molar-refractivity contribution in [1.82, 2.24) is 10.1 Å². The molecule has 0 saturated heterocycles. The minimum atomic E-state index is 0.399. The Balaban J connectivity index is 1.62. The van der Waals surface area contributed by atoms with Crippen LogP contribution in [0.4, 0.5) is 5.69 Å². The molecule has 1 aliphatic heterocycles. The van der Waals surface area contributed by atoms with E-state index in [1.54, 1.807) is 0 Å². The highest BCUT2D eigenvalue weighted by Crippen LogP contribution is 2.32. The molecule has 1 aliphatic rings. The Morgan fingerprint density at radius 3 is 3.20 bits per heavy atom. The summed E-state index contributed by atoms with van der Waals surface area (Å²) in [5, 5.41) is 7.36. The molecule has 3 rings (SSSR count). The van der Waals surface area contributed by atoms with Crippen LogP contribution in [-0.2, 0) is 17.8 Å². The largest absolute Gasteiger partial charge is 0.384 e. The number of para-hydroxylation sites is 1. The second-order valence-corrected chi connectivity index (χ2v) is 5.03. The summed E-state index contributed by atoms with van der Waals surface area (Å²) >= 11 is 0. The van der Waals surface area contributed by atoms with E-state index in [-0.39, 0.29) is 0 Å². The molecule has 1 aromatic heterocycles. The lowest BCUT2D eigenvalue weighted by molar-refractivity contribution is 0.114. The first-order chi connectivity index (χ1) is 9.86. The quantitative estimate of drug-likeness (QED) is 0.820. The summed E-state index contributed by atoms with van der Waals surface area (Å²) in [4.78, 5) is 4.39. The van der Waals surface area contributed by atoms with Gasteiger partial charge in [0, 0.05) is 31.2 Å². The molecule has 0 radical (unpaired) electrons. The van der Waals surface area contributed by atoms with Crippen LogP contribution >= 0.6 is 0 Å². The number of nitrogens with one attached hydrogen (secondary N) is 1. The molecule has 0 saturated carbocycles. The Morgan fingerprint density at radius 2 is 2.30 bits per heavy atom. The number of hydrogen-bond donors (Lipinski definition) is 1. The highest BCUT2D eigenvalue weighted by molar-refractivity contribution is 5.57. The van der Waals surface area contributed by atoms with Gasteiger partial charge in [0.05, 0.1) is 0 Å². The minimum Gasteiger partial charge on any atom is -0.384 e. The fourth-order valence-electron chi connectivity index (χ4n) is 2.49. The van der Waals surface area contributed by atoms with Gasteiger partial charge in [0.15, 0.2) is 5.82 Å². The van der Waals surface area contributed by atoms with Crippen molar-refractivity contribution in [2.24, 2.45) is 0 Å². The minimum absolute atomic E-state index is 0.399. The monoisotopic (exact) mass is 273 g/mol. The fourth-order valence-corrected chi connectivity index (χ4v) is 2.49. The number of hydrogen-bond acceptors (Lipinski definition) is 5. The van der Waals surface area contributed by atoms with E-state index in [1.807, 2.05) is 6.07 Å². The van der Waals surface area contributed by atoms with Crippen molar-refractivity contribution < 1.29 is 9.26 Å². The third-order valence-corrected chi connectivity index (χ3v) is 3.45. The third-order valence-electron chi connectivity index (χ3n) is 3.45. The zero-order valence-electron chi connectivity index (χ0n) is 11.6. The number of fused-ring (bicyclic) bond motifs is 1. The van der Waals surface area contributed by atoms with Crippen molar-refractivity contribution in [3.63, 3.8) is 0 Å². The fraction of sp³-hybridized carbons (Fsp3) is 0.467. The SMILES string of the molecule is CCCOCc1noc(CC2CNc3ccccc32)n1. The molecule has 2 aromatic rings. The van der Waals surface area contributed by atoms with E-state index in [9.17, 15) is 0 Å². The van der Waals surface area contributed by atoms with Gasteiger partial charge in [-0.1, -0.05) is 30.3 Å². The first kappa shape index (κ1) is 13.1. The number of aromatic nitrogens is 2. The first-order valence-electron chi connectivity index (χ1n) is 7.09. The number of rotatable bonds is 6. The van der Waals surface area contributed by atoms with Gasteiger partial charge in [0.2, 0.25) is 5.89 Å². The molecule has 0 amide bonds. The van der Waals surface area contributed by atoms with E-state index in [0.29, 0.717) is 24.2 Å². The van der Waals surface area contributed by atoms with Gasteiger partial charge >= 0.3 is 0 Å². The van der Waals surface area contributed by atoms with Gasteiger partial charge in [0.1, 0.15) is 6.61 Å². The van der Waals surface area contributed by atoms with E-state index in [1.165, 1.54) is 11.3 Å². The molecule has 1 aromatic carbocycles. The van der Waals surface area contributed by atoms with Crippen molar-refractivity contribution >= 4 is 5.69 Å². The third kappa shape index (κ3) is 2.82. The molecule has 1 N–H and O–H groups in total. The standard InChI is InChI=1S/C15H19N3O2/c1-2-7-19-10-14-17-15(20-18-14)8-11-9-16-13-6-4-3-5-12(11)13/h3-6,11,16H,2,7-10H2,1H3. The zero-order chi connectivity index (χ0) is 13.8. The molecule has 0 fully saturated rings. The molecule has 20 heavy (non-hydrogen) atoms. The van der Waals surface area contributed by atoms with Crippen molar-refractivity contribution in [1.29, 1.82) is 0 Å². The van der Waals surface area contributed by atoms with Gasteiger partial charge in [-0.25, -0.2) is 0 Å². The molecule has 5 heteroatoms. The van der Waals surface area contributed by atoms with Gasteiger partial charge in [-0.15, -0.1) is 0 Å². The van der Waals surface area contributed by atoms with E-state index in [4.69, 9.17) is 9.26 Å². The summed E-state index contributed by atoms with van der Waals surface area (Å²) in [6.45, 7) is 4.15. The lowest BCUT2D eigenvalue weighted by Crippen LogP contribution is -2.06. The first-order valence-corrected chi connectivity index (χ1v) is 7.09. The Labute approximate surface area is 118 Å². The predicted molar refractivity (Wildman–Crippen MR) is 75.6 cm³/mol. The van der Waals surface area contributed by atoms with Crippen LogP contribution in [0.3, 0.4) is 0 Å². The summed E-state index contributed by atoms with van der Waals surface area (Å²) in [6, 6.07) is 8.37. The number of benzene rings is 1. The van der Waals surface area contributed by atoms with Gasteiger partial charge < -0.3 is 14.6 Å². The van der Waals surface area contributed by atoms with Crippen LogP contribution < -0.4 is 5.32 Å². The van der Waals surface area contributed by atoms with Crippen LogP contribution in [-0.4, -0.2) is 23.3 Å². The number of anilines is 1. The molecule has 2 heterocycles. The second-order valence-electron chi connectivity index (χ2n) is 5.03. The molecule has 1 unspecified atom stereocenters. The number of nitrogens with zero attached hydrogens (tertiary/aromatic N) is 2. The summed E-state index contributed by atoms with van der Waals surface area (Å²) < 4.78 is 10.7. The normalized spacial score (nSPS) is 16.9. The van der Waals surface area contributed by atoms with E-state index < -0.39 is 0 Å². The highest BCUT2D eigenvalue weighted by atomic mass is 16.5. The maximum atomic E-state index is 5.41. The summed E-state index contributed by atoms with van der Waals surface area (Å²) in [7, 11) is 0. The summed E-state index contributed by atoms with van der Waals surface area (Å²) in [5.74, 6) is 1.72. The smallest absolute Gasteiger partial charge is 0.227 e. The molecular weight excluding hydrogens is 254 g/mol. The zero-order valence-corrected chi connectivity index (χ0v) is 11.6. The van der Waals surface area contributed by atoms with Crippen molar-refractivity contribution in [2.45, 2.75) is 32.3 Å². The predicted octanol–water partition coefficient (Wildman–Crippen LogP) is 2.75. The van der Waals surface area contributed by atoms with Crippen molar-refractivity contribution in [3.05, 3.63) is 41.5 Å². The van der Waals surface area contributed by atoms with Crippen molar-refractivity contribution in [2.75, 3.05) is 18.5 Å². The molecule has 0 bridgehead atoms. The van der Waals surface area contributed by atoms with Crippen molar-refractivity contribution in [3.8, 4) is 0 Å². The van der Waals surface area contributed by atoms with E-state index in [0.717, 1.165) is 26.0 Å². The molecule has 1 atom stereocenters. The Morgan fingerprint density at radius 1 is 1.40 bits per heavy atom. The van der Waals surface area contributed by atoms with Crippen LogP contribution in [0.5, 0.6) is 0 Å². The maximum absolute atomic E-state index is 5.41. The highest BCUT2D eigenvalue weighted by Gasteiger charge is 2.24. The summed E-state index contributed by atoms with van der Waals surface area (Å²) in [6.07, 6.45) is 1.76. The van der Waals surface area contributed by atoms with Crippen LogP contribution in [0.1, 0.15) is 36.5 Å². The summed E-state index contributed by atoms with van der Waals surface area (Å²) in [5.41, 5.74) is 2.54. The lowest BCUT2D eigenvalue weighted by Gasteiger charge is -2.05. The van der Waals surface area contributed by atoms with E-state index in [2.05, 4.69) is 40.6 Å². The van der Waals surface area contributed by atoms with Crippen LogP contribution in [0.2, 0.25) is 0 Å². The Hall–Kier alpha value is -1.88. The Bertz CT molecular complexity index is 568. The second kappa shape index (κ2) is 6.05. The molecular formula is C15H19N3O2. The van der Waals surface area contributed by atoms with Crippen LogP contribution in [0, 0.1) is 0 Å². The lowest BCUT2D eigenvalue weighted by atomic mass is 9.98. The molecule has 0 aliphatic carbocycles. The van der Waals surface area contributed by atoms with E-state index >= 15 is 0 Å².